The zero-order valence-corrected chi connectivity index (χ0v) is 32.0. The Morgan fingerprint density at radius 2 is 1.48 bits per heavy atom. The van der Waals surface area contributed by atoms with Gasteiger partial charge in [0.05, 0.1) is 32.8 Å². The van der Waals surface area contributed by atoms with Gasteiger partial charge in [0, 0.05) is 6.20 Å². The molecule has 2 aliphatic heterocycles. The highest BCUT2D eigenvalue weighted by Gasteiger charge is 2.52. The van der Waals surface area contributed by atoms with E-state index in [0.29, 0.717) is 18.1 Å². The highest BCUT2D eigenvalue weighted by atomic mass is 28.4. The van der Waals surface area contributed by atoms with Crippen LogP contribution in [0, 0.1) is 0 Å². The first kappa shape index (κ1) is 36.1. The quantitative estimate of drug-likeness (QED) is 0.110. The van der Waals surface area contributed by atoms with E-state index >= 15 is 0 Å². The Hall–Kier alpha value is -4.26. The second kappa shape index (κ2) is 14.3. The molecule has 5 aromatic rings. The van der Waals surface area contributed by atoms with Crippen molar-refractivity contribution in [2.45, 2.75) is 81.9 Å². The monoisotopic (exact) mass is 723 g/mol. The maximum Gasteiger partial charge on any atom is 0.226 e. The summed E-state index contributed by atoms with van der Waals surface area (Å²) in [4.78, 5) is 9.15. The number of aromatic nitrogens is 3. The summed E-state index contributed by atoms with van der Waals surface area (Å²) in [6, 6.07) is 25.9. The van der Waals surface area contributed by atoms with E-state index in [1.54, 1.807) is 14.2 Å². The van der Waals surface area contributed by atoms with E-state index in [4.69, 9.17) is 33.1 Å². The molecular formula is C41H49N3O7Si. The summed E-state index contributed by atoms with van der Waals surface area (Å²) in [5, 5.41) is 13.1. The Labute approximate surface area is 306 Å². The summed E-state index contributed by atoms with van der Waals surface area (Å²) in [6.07, 6.45) is 2.17. The number of aliphatic hydroxyl groups is 1. The molecule has 0 amide bonds. The third-order valence-electron chi connectivity index (χ3n) is 10.9. The molecular weight excluding hydrogens is 675 g/mol. The molecule has 1 N–H and O–H groups in total. The Morgan fingerprint density at radius 3 is 2.08 bits per heavy atom. The van der Waals surface area contributed by atoms with Crippen molar-refractivity contribution < 1.29 is 33.2 Å². The Morgan fingerprint density at radius 1 is 0.865 bits per heavy atom. The highest BCUT2D eigenvalue weighted by Crippen LogP contribution is 2.46. The second-order valence-corrected chi connectivity index (χ2v) is 19.9. The molecule has 52 heavy (non-hydrogen) atoms. The summed E-state index contributed by atoms with van der Waals surface area (Å²) < 4.78 is 40.2. The lowest BCUT2D eigenvalue weighted by Crippen LogP contribution is -2.49. The molecule has 0 aliphatic carbocycles. The zero-order valence-electron chi connectivity index (χ0n) is 31.0. The van der Waals surface area contributed by atoms with Crippen LogP contribution >= 0.6 is 0 Å². The fourth-order valence-corrected chi connectivity index (χ4v) is 8.35. The highest BCUT2D eigenvalue weighted by molar-refractivity contribution is 6.74. The fourth-order valence-electron chi connectivity index (χ4n) is 7.06. The van der Waals surface area contributed by atoms with Crippen molar-refractivity contribution in [1.82, 2.24) is 14.5 Å². The summed E-state index contributed by atoms with van der Waals surface area (Å²) in [7, 11) is 0.903. The SMILES string of the molecule is COc1ccc(C(OC[C@H]2O[C@@H](n3cc4c5c(ncnc53)OCCC4)[C@H](O[Si](C)(C)C(C)(C)C)[C@@H]2O)(c2ccccc2)c2ccc(OC)cc2)cc1. The van der Waals surface area contributed by atoms with E-state index in [1.807, 2.05) is 71.3 Å². The Balaban J connectivity index is 1.31. The number of methoxy groups -OCH3 is 2. The van der Waals surface area contributed by atoms with Gasteiger partial charge in [-0.1, -0.05) is 75.4 Å². The molecule has 0 radical (unpaired) electrons. The molecule has 2 aromatic heterocycles. The van der Waals surface area contributed by atoms with Gasteiger partial charge in [-0.3, -0.25) is 0 Å². The van der Waals surface area contributed by atoms with E-state index in [9.17, 15) is 5.11 Å². The summed E-state index contributed by atoms with van der Waals surface area (Å²) in [5.41, 5.74) is 3.41. The number of hydrogen-bond acceptors (Lipinski definition) is 9. The van der Waals surface area contributed by atoms with E-state index < -0.39 is 38.5 Å². The van der Waals surface area contributed by atoms with Crippen molar-refractivity contribution >= 4 is 19.4 Å². The largest absolute Gasteiger partial charge is 0.497 e. The van der Waals surface area contributed by atoms with Gasteiger partial charge in [-0.05, 0) is 77.5 Å². The van der Waals surface area contributed by atoms with Gasteiger partial charge in [0.15, 0.2) is 14.5 Å². The van der Waals surface area contributed by atoms with Gasteiger partial charge in [0.1, 0.15) is 47.4 Å². The minimum absolute atomic E-state index is 0.0530. The topological polar surface area (TPSA) is 106 Å². The lowest BCUT2D eigenvalue weighted by molar-refractivity contribution is -0.0939. The van der Waals surface area contributed by atoms with E-state index in [2.05, 4.69) is 57.2 Å². The maximum absolute atomic E-state index is 12.3. The number of aryl methyl sites for hydroxylation is 1. The summed E-state index contributed by atoms with van der Waals surface area (Å²) >= 11 is 0. The standard InChI is InChI=1S/C41H49N3O7Si/c1-40(2,3)52(6,7)51-36-35(45)33(50-39(36)44-24-27-12-11-23-48-38-34(27)37(44)42-26-43-38)25-49-41(28-13-9-8-10-14-28,29-15-19-31(46-4)20-16-29)30-17-21-32(47-5)22-18-30/h8-10,13-22,24,26,33,35-36,39,45H,11-12,23,25H2,1-7H3/t33-,35-,36-,39-/m1/s1. The first-order valence-electron chi connectivity index (χ1n) is 17.9. The van der Waals surface area contributed by atoms with E-state index in [1.165, 1.54) is 6.33 Å². The van der Waals surface area contributed by atoms with Crippen LogP contribution in [0.2, 0.25) is 18.1 Å². The van der Waals surface area contributed by atoms with Gasteiger partial charge in [0.25, 0.3) is 0 Å². The van der Waals surface area contributed by atoms with Gasteiger partial charge in [-0.25, -0.2) is 9.97 Å². The number of aliphatic hydroxyl groups excluding tert-OH is 1. The van der Waals surface area contributed by atoms with Crippen LogP contribution in [0.1, 0.15) is 55.7 Å². The van der Waals surface area contributed by atoms with Gasteiger partial charge in [-0.15, -0.1) is 0 Å². The van der Waals surface area contributed by atoms with Crippen molar-refractivity contribution in [1.29, 1.82) is 0 Å². The number of benzene rings is 3. The smallest absolute Gasteiger partial charge is 0.226 e. The van der Waals surface area contributed by atoms with Crippen molar-refractivity contribution in [3.63, 3.8) is 0 Å². The van der Waals surface area contributed by atoms with Crippen LogP contribution in [-0.4, -0.2) is 73.7 Å². The second-order valence-electron chi connectivity index (χ2n) is 15.1. The molecule has 4 atom stereocenters. The minimum atomic E-state index is -2.40. The minimum Gasteiger partial charge on any atom is -0.497 e. The lowest BCUT2D eigenvalue weighted by Gasteiger charge is -2.40. The first-order chi connectivity index (χ1) is 25.0. The predicted octanol–water partition coefficient (Wildman–Crippen LogP) is 7.43. The lowest BCUT2D eigenvalue weighted by atomic mass is 9.80. The van der Waals surface area contributed by atoms with Crippen molar-refractivity contribution in [3.05, 3.63) is 114 Å². The number of nitrogens with zero attached hydrogens (tertiary/aromatic N) is 3. The number of rotatable bonds is 11. The molecule has 3 aromatic carbocycles. The molecule has 4 heterocycles. The molecule has 0 unspecified atom stereocenters. The first-order valence-corrected chi connectivity index (χ1v) is 20.8. The predicted molar refractivity (Wildman–Crippen MR) is 202 cm³/mol. The molecule has 0 bridgehead atoms. The molecule has 1 fully saturated rings. The van der Waals surface area contributed by atoms with Gasteiger partial charge in [-0.2, -0.15) is 0 Å². The van der Waals surface area contributed by atoms with Crippen LogP contribution in [0.15, 0.2) is 91.4 Å². The Bertz CT molecular complexity index is 1930. The van der Waals surface area contributed by atoms with E-state index in [0.717, 1.165) is 52.0 Å². The van der Waals surface area contributed by atoms with Crippen LogP contribution in [0.25, 0.3) is 11.0 Å². The number of hydrogen-bond donors (Lipinski definition) is 1. The average molecular weight is 724 g/mol. The number of ether oxygens (including phenoxy) is 5. The molecule has 7 rings (SSSR count). The molecule has 0 spiro atoms. The van der Waals surface area contributed by atoms with Crippen molar-refractivity contribution in [2.24, 2.45) is 0 Å². The van der Waals surface area contributed by atoms with Crippen LogP contribution < -0.4 is 14.2 Å². The van der Waals surface area contributed by atoms with Crippen molar-refractivity contribution in [2.75, 3.05) is 27.4 Å². The van der Waals surface area contributed by atoms with E-state index in [-0.39, 0.29) is 11.6 Å². The zero-order chi connectivity index (χ0) is 36.7. The molecule has 11 heteroatoms. The van der Waals surface area contributed by atoms with Gasteiger partial charge in [0.2, 0.25) is 5.88 Å². The third-order valence-corrected chi connectivity index (χ3v) is 15.4. The van der Waals surface area contributed by atoms with Gasteiger partial charge < -0.3 is 37.8 Å². The average Bonchev–Trinajstić information content (AvgIpc) is 3.58. The third kappa shape index (κ3) is 6.49. The summed E-state index contributed by atoms with van der Waals surface area (Å²) in [5.74, 6) is 2.04. The maximum atomic E-state index is 12.3. The molecule has 0 saturated carbocycles. The molecule has 274 valence electrons. The van der Waals surface area contributed by atoms with Crippen LogP contribution in [0.3, 0.4) is 0 Å². The normalized spacial score (nSPS) is 20.8. The van der Waals surface area contributed by atoms with Crippen LogP contribution in [-0.2, 0) is 25.9 Å². The molecule has 2 aliphatic rings. The fraction of sp³-hybridized carbons (Fsp3) is 0.415. The Kier molecular flexibility index (Phi) is 9.92. The van der Waals surface area contributed by atoms with Gasteiger partial charge >= 0.3 is 0 Å². The van der Waals surface area contributed by atoms with Crippen LogP contribution in [0.4, 0.5) is 0 Å². The van der Waals surface area contributed by atoms with Crippen molar-refractivity contribution in [3.8, 4) is 17.4 Å². The molecule has 1 saturated heterocycles. The van der Waals surface area contributed by atoms with Crippen LogP contribution in [0.5, 0.6) is 17.4 Å². The summed E-state index contributed by atoms with van der Waals surface area (Å²) in [6.45, 7) is 11.6. The molecule has 10 nitrogen and oxygen atoms in total.